The first kappa shape index (κ1) is 13.4. The number of rotatable bonds is 9. The quantitative estimate of drug-likeness (QED) is 0.448. The smallest absolute Gasteiger partial charge is 0.164 e. The minimum absolute atomic E-state index is 0.0266. The predicted molar refractivity (Wildman–Crippen MR) is 62.3 cm³/mol. The molecular formula is C13H22O3. The predicted octanol–water partition coefficient (Wildman–Crippen LogP) is 2.66. The van der Waals surface area contributed by atoms with Gasteiger partial charge in [0, 0.05) is 6.42 Å². The van der Waals surface area contributed by atoms with Crippen LogP contribution in [-0.4, -0.2) is 23.8 Å². The maximum atomic E-state index is 11.5. The Hall–Kier alpha value is -0.700. The van der Waals surface area contributed by atoms with Crippen LogP contribution in [-0.2, 0) is 14.3 Å². The van der Waals surface area contributed by atoms with E-state index in [2.05, 4.69) is 6.92 Å². The Bertz CT molecular complexity index is 248. The highest BCUT2D eigenvalue weighted by atomic mass is 16.6. The van der Waals surface area contributed by atoms with Crippen molar-refractivity contribution >= 4 is 11.6 Å². The molecule has 0 amide bonds. The van der Waals surface area contributed by atoms with Gasteiger partial charge in [-0.1, -0.05) is 39.0 Å². The lowest BCUT2D eigenvalue weighted by Gasteiger charge is -1.99. The van der Waals surface area contributed by atoms with Crippen LogP contribution >= 0.6 is 0 Å². The van der Waals surface area contributed by atoms with E-state index < -0.39 is 12.2 Å². The van der Waals surface area contributed by atoms with Gasteiger partial charge in [-0.15, -0.1) is 0 Å². The van der Waals surface area contributed by atoms with Crippen LogP contribution in [0.15, 0.2) is 0 Å². The highest BCUT2D eigenvalue weighted by molar-refractivity contribution is 5.95. The van der Waals surface area contributed by atoms with Crippen LogP contribution < -0.4 is 0 Å². The highest BCUT2D eigenvalue weighted by Crippen LogP contribution is 2.25. The molecule has 0 unspecified atom stereocenters. The van der Waals surface area contributed by atoms with E-state index in [1.54, 1.807) is 0 Å². The third-order valence-corrected chi connectivity index (χ3v) is 2.99. The fourth-order valence-corrected chi connectivity index (χ4v) is 1.89. The zero-order valence-electron chi connectivity index (χ0n) is 10.3. The van der Waals surface area contributed by atoms with E-state index in [1.165, 1.54) is 32.6 Å². The molecule has 2 atom stereocenters. The fraction of sp³-hybridized carbons (Fsp3) is 0.846. The Kier molecular flexibility index (Phi) is 5.67. The van der Waals surface area contributed by atoms with Crippen LogP contribution in [0, 0.1) is 0 Å². The van der Waals surface area contributed by atoms with Crippen LogP contribution in [0.1, 0.15) is 58.8 Å². The molecule has 0 aliphatic carbocycles. The average molecular weight is 226 g/mol. The Labute approximate surface area is 97.5 Å². The largest absolute Gasteiger partial charge is 0.353 e. The molecule has 1 aliphatic rings. The van der Waals surface area contributed by atoms with E-state index in [1.807, 2.05) is 0 Å². The first-order valence-electron chi connectivity index (χ1n) is 6.35. The van der Waals surface area contributed by atoms with Gasteiger partial charge in [0.15, 0.2) is 11.6 Å². The van der Waals surface area contributed by atoms with Crippen LogP contribution in [0.25, 0.3) is 0 Å². The molecular weight excluding hydrogens is 204 g/mol. The molecule has 1 fully saturated rings. The average Bonchev–Trinajstić information content (AvgIpc) is 3.02. The van der Waals surface area contributed by atoms with E-state index in [0.717, 1.165) is 12.8 Å². The van der Waals surface area contributed by atoms with Crippen molar-refractivity contribution in [1.29, 1.82) is 0 Å². The number of unbranched alkanes of at least 4 members (excludes halogenated alkanes) is 5. The molecule has 0 aromatic heterocycles. The van der Waals surface area contributed by atoms with Crippen molar-refractivity contribution in [3.05, 3.63) is 0 Å². The standard InChI is InChI=1S/C13H22O3/c1-3-4-5-6-7-8-9-11(15)13-12(16-13)10(2)14/h12-13H,3-9H2,1-2H3/t12-,13+/m0/s1. The molecule has 0 bridgehead atoms. The summed E-state index contributed by atoms with van der Waals surface area (Å²) < 4.78 is 5.04. The number of hydrogen-bond donors (Lipinski definition) is 0. The molecule has 16 heavy (non-hydrogen) atoms. The topological polar surface area (TPSA) is 46.7 Å². The summed E-state index contributed by atoms with van der Waals surface area (Å²) in [5.41, 5.74) is 0. The van der Waals surface area contributed by atoms with Gasteiger partial charge in [-0.2, -0.15) is 0 Å². The number of ether oxygens (including phenoxy) is 1. The molecule has 0 aromatic carbocycles. The first-order valence-corrected chi connectivity index (χ1v) is 6.35. The second kappa shape index (κ2) is 6.79. The third-order valence-electron chi connectivity index (χ3n) is 2.99. The summed E-state index contributed by atoms with van der Waals surface area (Å²) in [5, 5.41) is 0. The molecule has 3 heteroatoms. The van der Waals surface area contributed by atoms with Gasteiger partial charge >= 0.3 is 0 Å². The molecule has 0 aromatic rings. The lowest BCUT2D eigenvalue weighted by Crippen LogP contribution is -2.13. The molecule has 1 saturated heterocycles. The highest BCUT2D eigenvalue weighted by Gasteiger charge is 2.47. The minimum atomic E-state index is -0.424. The van der Waals surface area contributed by atoms with Gasteiger partial charge in [0.05, 0.1) is 0 Å². The van der Waals surface area contributed by atoms with E-state index in [4.69, 9.17) is 4.74 Å². The molecule has 0 N–H and O–H groups in total. The van der Waals surface area contributed by atoms with Gasteiger partial charge in [-0.05, 0) is 13.3 Å². The van der Waals surface area contributed by atoms with Gasteiger partial charge < -0.3 is 4.74 Å². The molecule has 0 saturated carbocycles. The SMILES string of the molecule is CCCCCCCCC(=O)[C@H]1O[C@H]1C(C)=O. The summed E-state index contributed by atoms with van der Waals surface area (Å²) in [5.74, 6) is 0.0805. The van der Waals surface area contributed by atoms with Crippen LogP contribution in [0.5, 0.6) is 0 Å². The number of ketones is 2. The molecule has 1 aliphatic heterocycles. The van der Waals surface area contributed by atoms with Gasteiger partial charge in [0.1, 0.15) is 12.2 Å². The van der Waals surface area contributed by atoms with Crippen LogP contribution in [0.3, 0.4) is 0 Å². The fourth-order valence-electron chi connectivity index (χ4n) is 1.89. The first-order chi connectivity index (χ1) is 7.66. The zero-order valence-corrected chi connectivity index (χ0v) is 10.3. The summed E-state index contributed by atoms with van der Waals surface area (Å²) in [6, 6.07) is 0. The Morgan fingerprint density at radius 2 is 1.62 bits per heavy atom. The van der Waals surface area contributed by atoms with Crippen molar-refractivity contribution in [3.8, 4) is 0 Å². The van der Waals surface area contributed by atoms with E-state index >= 15 is 0 Å². The molecule has 92 valence electrons. The van der Waals surface area contributed by atoms with Crippen molar-refractivity contribution < 1.29 is 14.3 Å². The lowest BCUT2D eigenvalue weighted by atomic mass is 10.0. The van der Waals surface area contributed by atoms with Crippen molar-refractivity contribution in [1.82, 2.24) is 0 Å². The monoisotopic (exact) mass is 226 g/mol. The molecule has 0 spiro atoms. The van der Waals surface area contributed by atoms with Gasteiger partial charge in [0.25, 0.3) is 0 Å². The lowest BCUT2D eigenvalue weighted by molar-refractivity contribution is -0.121. The summed E-state index contributed by atoms with van der Waals surface area (Å²) in [6.07, 6.45) is 6.79. The summed E-state index contributed by atoms with van der Waals surface area (Å²) in [4.78, 5) is 22.4. The molecule has 3 nitrogen and oxygen atoms in total. The van der Waals surface area contributed by atoms with Crippen LogP contribution in [0.4, 0.5) is 0 Å². The number of epoxide rings is 1. The second-order valence-electron chi connectivity index (χ2n) is 4.57. The molecule has 1 heterocycles. The molecule has 1 rings (SSSR count). The second-order valence-corrected chi connectivity index (χ2v) is 4.57. The number of carbonyl (C=O) groups excluding carboxylic acids is 2. The van der Waals surface area contributed by atoms with Crippen molar-refractivity contribution in [3.63, 3.8) is 0 Å². The number of Topliss-reactive ketones (excluding diaryl/α,β-unsaturated/α-hetero) is 2. The van der Waals surface area contributed by atoms with Gasteiger partial charge in [-0.25, -0.2) is 0 Å². The number of carbonyl (C=O) groups is 2. The summed E-state index contributed by atoms with van der Waals surface area (Å²) >= 11 is 0. The van der Waals surface area contributed by atoms with E-state index in [-0.39, 0.29) is 11.6 Å². The maximum absolute atomic E-state index is 11.5. The Balaban J connectivity index is 1.98. The summed E-state index contributed by atoms with van der Waals surface area (Å²) in [6.45, 7) is 3.67. The summed E-state index contributed by atoms with van der Waals surface area (Å²) in [7, 11) is 0. The van der Waals surface area contributed by atoms with Gasteiger partial charge in [-0.3, -0.25) is 9.59 Å². The van der Waals surface area contributed by atoms with E-state index in [9.17, 15) is 9.59 Å². The maximum Gasteiger partial charge on any atom is 0.164 e. The zero-order chi connectivity index (χ0) is 12.0. The normalized spacial score (nSPS) is 23.1. The van der Waals surface area contributed by atoms with Crippen molar-refractivity contribution in [2.24, 2.45) is 0 Å². The van der Waals surface area contributed by atoms with E-state index in [0.29, 0.717) is 6.42 Å². The Morgan fingerprint density at radius 3 is 2.19 bits per heavy atom. The molecule has 0 radical (unpaired) electrons. The van der Waals surface area contributed by atoms with Gasteiger partial charge in [0.2, 0.25) is 0 Å². The van der Waals surface area contributed by atoms with Crippen molar-refractivity contribution in [2.75, 3.05) is 0 Å². The minimum Gasteiger partial charge on any atom is -0.353 e. The Morgan fingerprint density at radius 1 is 1.00 bits per heavy atom. The van der Waals surface area contributed by atoms with Crippen LogP contribution in [0.2, 0.25) is 0 Å². The van der Waals surface area contributed by atoms with Crippen molar-refractivity contribution in [2.45, 2.75) is 71.0 Å². The third kappa shape index (κ3) is 4.44. The number of hydrogen-bond acceptors (Lipinski definition) is 3.